The third-order valence-electron chi connectivity index (χ3n) is 5.12. The molecule has 0 aliphatic heterocycles. The second kappa shape index (κ2) is 11.5. The molecule has 8 heteroatoms. The smallest absolute Gasteiger partial charge is 0.251 e. The van der Waals surface area contributed by atoms with Gasteiger partial charge in [0.25, 0.3) is 5.91 Å². The highest BCUT2D eigenvalue weighted by atomic mass is 32.2. The first kappa shape index (κ1) is 24.3. The summed E-state index contributed by atoms with van der Waals surface area (Å²) in [5, 5.41) is 2.83. The molecule has 1 amide bonds. The molecule has 3 aromatic rings. The fraction of sp³-hybridized carbons (Fsp3) is 0.240. The number of benzene rings is 3. The largest absolute Gasteiger partial charge is 0.497 e. The number of hydrogen-bond acceptors (Lipinski definition) is 5. The summed E-state index contributed by atoms with van der Waals surface area (Å²) in [5.41, 5.74) is 2.32. The topological polar surface area (TPSA) is 93.7 Å². The number of hydrogen-bond donors (Lipinski definition) is 2. The quantitative estimate of drug-likeness (QED) is 0.451. The summed E-state index contributed by atoms with van der Waals surface area (Å²) in [5.74, 6) is 0.594. The molecule has 33 heavy (non-hydrogen) atoms. The van der Waals surface area contributed by atoms with Crippen molar-refractivity contribution in [3.8, 4) is 11.5 Å². The van der Waals surface area contributed by atoms with Gasteiger partial charge in [0.1, 0.15) is 16.4 Å². The van der Waals surface area contributed by atoms with E-state index in [1.807, 2.05) is 54.6 Å². The maximum Gasteiger partial charge on any atom is 0.251 e. The Morgan fingerprint density at radius 2 is 1.48 bits per heavy atom. The molecule has 0 saturated heterocycles. The average molecular weight is 469 g/mol. The number of methoxy groups -OCH3 is 2. The van der Waals surface area contributed by atoms with Gasteiger partial charge in [0, 0.05) is 18.7 Å². The first-order valence-electron chi connectivity index (χ1n) is 10.6. The normalized spacial score (nSPS) is 11.1. The lowest BCUT2D eigenvalue weighted by molar-refractivity contribution is 0.0954. The van der Waals surface area contributed by atoms with Gasteiger partial charge in [-0.3, -0.25) is 4.79 Å². The molecule has 0 aromatic heterocycles. The molecule has 0 radical (unpaired) electrons. The van der Waals surface area contributed by atoms with Crippen molar-refractivity contribution in [3.05, 3.63) is 89.5 Å². The Kier molecular flexibility index (Phi) is 8.46. The molecule has 7 nitrogen and oxygen atoms in total. The van der Waals surface area contributed by atoms with E-state index in [4.69, 9.17) is 9.47 Å². The number of carbonyl (C=O) groups excluding carboxylic acids is 1. The van der Waals surface area contributed by atoms with E-state index in [1.165, 1.54) is 19.2 Å². The molecule has 2 N–H and O–H groups in total. The number of ether oxygens (including phenoxy) is 2. The van der Waals surface area contributed by atoms with Crippen molar-refractivity contribution in [2.24, 2.45) is 0 Å². The average Bonchev–Trinajstić information content (AvgIpc) is 2.84. The Hall–Kier alpha value is -3.36. The molecule has 0 fully saturated rings. The van der Waals surface area contributed by atoms with Gasteiger partial charge in [0.2, 0.25) is 10.0 Å². The van der Waals surface area contributed by atoms with E-state index in [0.29, 0.717) is 19.4 Å². The van der Waals surface area contributed by atoms with Gasteiger partial charge in [-0.25, -0.2) is 13.1 Å². The summed E-state index contributed by atoms with van der Waals surface area (Å²) in [4.78, 5) is 12.6. The van der Waals surface area contributed by atoms with E-state index in [-0.39, 0.29) is 28.7 Å². The minimum Gasteiger partial charge on any atom is -0.497 e. The SMILES string of the molecule is COc1ccc(CCNC(=O)c2ccc(OC)c(S(=O)(=O)NCCc3ccccc3)c2)cc1. The third kappa shape index (κ3) is 6.81. The Bertz CT molecular complexity index is 1160. The number of nitrogens with one attached hydrogen (secondary N) is 2. The van der Waals surface area contributed by atoms with E-state index < -0.39 is 10.0 Å². The van der Waals surface area contributed by atoms with Crippen molar-refractivity contribution in [1.29, 1.82) is 0 Å². The van der Waals surface area contributed by atoms with Crippen LogP contribution in [0.15, 0.2) is 77.7 Å². The van der Waals surface area contributed by atoms with Crippen LogP contribution in [0, 0.1) is 0 Å². The highest BCUT2D eigenvalue weighted by Gasteiger charge is 2.21. The molecule has 0 spiro atoms. The number of carbonyl (C=O) groups is 1. The molecule has 0 heterocycles. The minimum atomic E-state index is -3.87. The molecule has 0 aliphatic carbocycles. The molecule has 3 aromatic carbocycles. The van der Waals surface area contributed by atoms with Gasteiger partial charge >= 0.3 is 0 Å². The zero-order valence-corrected chi connectivity index (χ0v) is 19.5. The zero-order chi connectivity index (χ0) is 23.7. The van der Waals surface area contributed by atoms with Gasteiger partial charge in [-0.05, 0) is 54.3 Å². The molecule has 3 rings (SSSR count). The number of sulfonamides is 1. The first-order valence-corrected chi connectivity index (χ1v) is 12.0. The van der Waals surface area contributed by atoms with Crippen LogP contribution in [0.1, 0.15) is 21.5 Å². The number of amides is 1. The van der Waals surface area contributed by atoms with Crippen molar-refractivity contribution in [1.82, 2.24) is 10.0 Å². The second-order valence-corrected chi connectivity index (χ2v) is 9.09. The molecule has 174 valence electrons. The van der Waals surface area contributed by atoms with Crippen LogP contribution in [0.25, 0.3) is 0 Å². The monoisotopic (exact) mass is 468 g/mol. The molecule has 0 atom stereocenters. The lowest BCUT2D eigenvalue weighted by atomic mass is 10.1. The van der Waals surface area contributed by atoms with Gasteiger partial charge in [0.05, 0.1) is 14.2 Å². The van der Waals surface area contributed by atoms with Gasteiger partial charge in [0.15, 0.2) is 0 Å². The van der Waals surface area contributed by atoms with Gasteiger partial charge in [-0.2, -0.15) is 0 Å². The summed E-state index contributed by atoms with van der Waals surface area (Å²) in [6, 6.07) is 21.6. The van der Waals surface area contributed by atoms with Crippen LogP contribution in [-0.4, -0.2) is 41.6 Å². The summed E-state index contributed by atoms with van der Waals surface area (Å²) in [6.45, 7) is 0.641. The Balaban J connectivity index is 1.63. The number of rotatable bonds is 11. The lowest BCUT2D eigenvalue weighted by Crippen LogP contribution is -2.28. The van der Waals surface area contributed by atoms with Crippen molar-refractivity contribution in [2.45, 2.75) is 17.7 Å². The molecular formula is C25H28N2O5S. The van der Waals surface area contributed by atoms with Crippen molar-refractivity contribution in [2.75, 3.05) is 27.3 Å². The van der Waals surface area contributed by atoms with Crippen molar-refractivity contribution in [3.63, 3.8) is 0 Å². The standard InChI is InChI=1S/C25H28N2O5S/c1-31-22-11-8-20(9-12-22)14-16-26-25(28)21-10-13-23(32-2)24(18-21)33(29,30)27-17-15-19-6-4-3-5-7-19/h3-13,18,27H,14-17H2,1-2H3,(H,26,28). The van der Waals surface area contributed by atoms with E-state index in [0.717, 1.165) is 16.9 Å². The fourth-order valence-corrected chi connectivity index (χ4v) is 4.52. The Morgan fingerprint density at radius 3 is 2.15 bits per heavy atom. The highest BCUT2D eigenvalue weighted by molar-refractivity contribution is 7.89. The van der Waals surface area contributed by atoms with Crippen LogP contribution in [0.2, 0.25) is 0 Å². The van der Waals surface area contributed by atoms with Crippen LogP contribution >= 0.6 is 0 Å². The molecule has 0 aliphatic rings. The van der Waals surface area contributed by atoms with Crippen LogP contribution in [-0.2, 0) is 22.9 Å². The van der Waals surface area contributed by atoms with Crippen LogP contribution in [0.5, 0.6) is 11.5 Å². The summed E-state index contributed by atoms with van der Waals surface area (Å²) in [6.07, 6.45) is 1.19. The summed E-state index contributed by atoms with van der Waals surface area (Å²) in [7, 11) is -0.862. The lowest BCUT2D eigenvalue weighted by Gasteiger charge is -2.13. The molecule has 0 unspecified atom stereocenters. The second-order valence-electron chi connectivity index (χ2n) is 7.35. The maximum absolute atomic E-state index is 12.9. The van der Waals surface area contributed by atoms with E-state index in [2.05, 4.69) is 10.0 Å². The zero-order valence-electron chi connectivity index (χ0n) is 18.7. The van der Waals surface area contributed by atoms with Crippen LogP contribution in [0.4, 0.5) is 0 Å². The first-order chi connectivity index (χ1) is 15.9. The molecule has 0 bridgehead atoms. The third-order valence-corrected chi connectivity index (χ3v) is 6.60. The predicted molar refractivity (Wildman–Crippen MR) is 127 cm³/mol. The summed E-state index contributed by atoms with van der Waals surface area (Å²) >= 11 is 0. The van der Waals surface area contributed by atoms with Crippen molar-refractivity contribution < 1.29 is 22.7 Å². The fourth-order valence-electron chi connectivity index (χ4n) is 3.29. The highest BCUT2D eigenvalue weighted by Crippen LogP contribution is 2.25. The van der Waals surface area contributed by atoms with E-state index in [1.54, 1.807) is 13.2 Å². The van der Waals surface area contributed by atoms with E-state index in [9.17, 15) is 13.2 Å². The van der Waals surface area contributed by atoms with Gasteiger partial charge in [-0.15, -0.1) is 0 Å². The van der Waals surface area contributed by atoms with Crippen LogP contribution < -0.4 is 19.5 Å². The van der Waals surface area contributed by atoms with Crippen LogP contribution in [0.3, 0.4) is 0 Å². The molecule has 0 saturated carbocycles. The van der Waals surface area contributed by atoms with Gasteiger partial charge in [-0.1, -0.05) is 42.5 Å². The predicted octanol–water partition coefficient (Wildman–Crippen LogP) is 3.20. The van der Waals surface area contributed by atoms with Crippen molar-refractivity contribution >= 4 is 15.9 Å². The Labute approximate surface area is 194 Å². The maximum atomic E-state index is 12.9. The summed E-state index contributed by atoms with van der Waals surface area (Å²) < 4.78 is 38.7. The molecular weight excluding hydrogens is 440 g/mol. The minimum absolute atomic E-state index is 0.0686. The Morgan fingerprint density at radius 1 is 0.818 bits per heavy atom. The van der Waals surface area contributed by atoms with Gasteiger partial charge < -0.3 is 14.8 Å². The van der Waals surface area contributed by atoms with E-state index >= 15 is 0 Å².